The number of rotatable bonds is 3. The van der Waals surface area contributed by atoms with Crippen LogP contribution < -0.4 is 11.1 Å². The molecule has 0 bridgehead atoms. The molecular formula is C19H18N4O2S. The van der Waals surface area contributed by atoms with Crippen molar-refractivity contribution in [2.45, 2.75) is 18.9 Å². The van der Waals surface area contributed by atoms with Crippen LogP contribution in [0.3, 0.4) is 0 Å². The van der Waals surface area contributed by atoms with Gasteiger partial charge in [0.2, 0.25) is 0 Å². The van der Waals surface area contributed by atoms with Gasteiger partial charge in [0.25, 0.3) is 5.91 Å². The Kier molecular flexibility index (Phi) is 4.30. The molecule has 6 nitrogen and oxygen atoms in total. The highest BCUT2D eigenvalue weighted by molar-refractivity contribution is 7.18. The van der Waals surface area contributed by atoms with E-state index in [1.807, 2.05) is 23.1 Å². The van der Waals surface area contributed by atoms with E-state index in [-0.39, 0.29) is 11.9 Å². The number of anilines is 1. The summed E-state index contributed by atoms with van der Waals surface area (Å²) in [6.45, 7) is 0.723. The molecule has 4 rings (SSSR count). The maximum absolute atomic E-state index is 13.0. The normalized spacial score (nSPS) is 16.8. The quantitative estimate of drug-likeness (QED) is 0.740. The summed E-state index contributed by atoms with van der Waals surface area (Å²) >= 11 is 1.65. The number of hydrogen-bond donors (Lipinski definition) is 2. The van der Waals surface area contributed by atoms with E-state index in [0.29, 0.717) is 11.3 Å². The molecule has 0 unspecified atom stereocenters. The maximum atomic E-state index is 13.0. The molecule has 3 amide bonds. The Morgan fingerprint density at radius 2 is 1.92 bits per heavy atom. The van der Waals surface area contributed by atoms with Crippen LogP contribution in [0.5, 0.6) is 0 Å². The molecule has 26 heavy (non-hydrogen) atoms. The summed E-state index contributed by atoms with van der Waals surface area (Å²) in [5.74, 6) is -0.0163. The van der Waals surface area contributed by atoms with Crippen LogP contribution in [0, 0.1) is 0 Å². The van der Waals surface area contributed by atoms with E-state index >= 15 is 0 Å². The van der Waals surface area contributed by atoms with Crippen molar-refractivity contribution >= 4 is 39.2 Å². The third kappa shape index (κ3) is 3.13. The predicted molar refractivity (Wildman–Crippen MR) is 102 cm³/mol. The van der Waals surface area contributed by atoms with Gasteiger partial charge >= 0.3 is 6.03 Å². The number of urea groups is 1. The van der Waals surface area contributed by atoms with Crippen molar-refractivity contribution in [3.63, 3.8) is 0 Å². The minimum absolute atomic E-state index is 0.0163. The molecule has 2 heterocycles. The summed E-state index contributed by atoms with van der Waals surface area (Å²) in [6.07, 6.45) is 1.89. The van der Waals surface area contributed by atoms with Crippen molar-refractivity contribution in [2.24, 2.45) is 5.73 Å². The van der Waals surface area contributed by atoms with Crippen LogP contribution in [0.2, 0.25) is 0 Å². The van der Waals surface area contributed by atoms with E-state index in [9.17, 15) is 9.59 Å². The highest BCUT2D eigenvalue weighted by Gasteiger charge is 2.32. The van der Waals surface area contributed by atoms with E-state index in [1.165, 1.54) is 0 Å². The van der Waals surface area contributed by atoms with Crippen LogP contribution in [-0.2, 0) is 0 Å². The third-order valence-electron chi connectivity index (χ3n) is 4.51. The van der Waals surface area contributed by atoms with Gasteiger partial charge in [-0.3, -0.25) is 4.79 Å². The van der Waals surface area contributed by atoms with Crippen molar-refractivity contribution < 1.29 is 9.59 Å². The Morgan fingerprint density at radius 3 is 2.65 bits per heavy atom. The highest BCUT2D eigenvalue weighted by atomic mass is 32.1. The van der Waals surface area contributed by atoms with Gasteiger partial charge in [0.1, 0.15) is 5.01 Å². The molecule has 7 heteroatoms. The molecule has 1 saturated heterocycles. The summed E-state index contributed by atoms with van der Waals surface area (Å²) in [4.78, 5) is 30.5. The fourth-order valence-electron chi connectivity index (χ4n) is 3.30. The average molecular weight is 366 g/mol. The first kappa shape index (κ1) is 16.5. The minimum atomic E-state index is -0.625. The van der Waals surface area contributed by atoms with Gasteiger partial charge in [-0.1, -0.05) is 12.1 Å². The van der Waals surface area contributed by atoms with Gasteiger partial charge in [-0.05, 0) is 49.2 Å². The lowest BCUT2D eigenvalue weighted by Crippen LogP contribution is -2.30. The Bertz CT molecular complexity index is 934. The van der Waals surface area contributed by atoms with Gasteiger partial charge < -0.3 is 16.0 Å². The number of amides is 3. The zero-order valence-corrected chi connectivity index (χ0v) is 14.8. The van der Waals surface area contributed by atoms with Gasteiger partial charge in [-0.2, -0.15) is 0 Å². The molecule has 0 spiro atoms. The second-order valence-electron chi connectivity index (χ2n) is 6.24. The molecule has 3 aromatic rings. The van der Waals surface area contributed by atoms with Crippen molar-refractivity contribution in [3.05, 3.63) is 59.1 Å². The first-order valence-electron chi connectivity index (χ1n) is 8.45. The second kappa shape index (κ2) is 6.76. The molecule has 1 aromatic heterocycles. The van der Waals surface area contributed by atoms with Gasteiger partial charge in [-0.15, -0.1) is 11.3 Å². The van der Waals surface area contributed by atoms with Gasteiger partial charge in [-0.25, -0.2) is 9.78 Å². The van der Waals surface area contributed by atoms with E-state index < -0.39 is 6.03 Å². The predicted octanol–water partition coefficient (Wildman–Crippen LogP) is 3.76. The van der Waals surface area contributed by atoms with Crippen molar-refractivity contribution in [2.75, 3.05) is 11.9 Å². The molecule has 0 aliphatic carbocycles. The minimum Gasteiger partial charge on any atom is -0.351 e. The number of nitrogens with two attached hydrogens (primary N) is 1. The number of hydrogen-bond acceptors (Lipinski definition) is 4. The van der Waals surface area contributed by atoms with Gasteiger partial charge in [0.05, 0.1) is 16.3 Å². The molecule has 1 fully saturated rings. The molecule has 1 aliphatic rings. The first-order valence-corrected chi connectivity index (χ1v) is 9.26. The fourth-order valence-corrected chi connectivity index (χ4v) is 4.42. The van der Waals surface area contributed by atoms with Crippen LogP contribution in [0.4, 0.5) is 10.5 Å². The molecule has 2 aromatic carbocycles. The van der Waals surface area contributed by atoms with Crippen LogP contribution in [0.25, 0.3) is 10.2 Å². The molecule has 0 saturated carbocycles. The number of benzene rings is 2. The smallest absolute Gasteiger partial charge is 0.316 e. The number of carbonyl (C=O) groups is 2. The maximum Gasteiger partial charge on any atom is 0.316 e. The number of aromatic nitrogens is 1. The van der Waals surface area contributed by atoms with E-state index in [1.54, 1.807) is 35.6 Å². The number of nitrogens with zero attached hydrogens (tertiary/aromatic N) is 2. The Morgan fingerprint density at radius 1 is 1.15 bits per heavy atom. The number of carbonyl (C=O) groups excluding carboxylic acids is 2. The van der Waals surface area contributed by atoms with Crippen LogP contribution in [0.15, 0.2) is 48.5 Å². The lowest BCUT2D eigenvalue weighted by Gasteiger charge is -2.23. The molecule has 3 N–H and O–H groups in total. The van der Waals surface area contributed by atoms with Crippen LogP contribution in [0.1, 0.15) is 34.2 Å². The Balaban J connectivity index is 1.57. The zero-order chi connectivity index (χ0) is 18.1. The van der Waals surface area contributed by atoms with E-state index in [4.69, 9.17) is 10.7 Å². The van der Waals surface area contributed by atoms with Crippen molar-refractivity contribution in [3.8, 4) is 0 Å². The first-order chi connectivity index (χ1) is 12.6. The number of fused-ring (bicyclic) bond motifs is 1. The van der Waals surface area contributed by atoms with Crippen LogP contribution in [-0.4, -0.2) is 28.4 Å². The van der Waals surface area contributed by atoms with E-state index in [2.05, 4.69) is 11.4 Å². The Hall–Kier alpha value is -2.93. The second-order valence-corrected chi connectivity index (χ2v) is 7.31. The molecule has 132 valence electrons. The molecule has 1 atom stereocenters. The lowest BCUT2D eigenvalue weighted by atomic mass is 10.1. The summed E-state index contributed by atoms with van der Waals surface area (Å²) in [7, 11) is 0. The molecular weight excluding hydrogens is 348 g/mol. The molecule has 0 radical (unpaired) electrons. The number of likely N-dealkylation sites (tertiary alicyclic amines) is 1. The largest absolute Gasteiger partial charge is 0.351 e. The lowest BCUT2D eigenvalue weighted by molar-refractivity contribution is 0.0735. The summed E-state index contributed by atoms with van der Waals surface area (Å²) in [5.41, 5.74) is 7.24. The van der Waals surface area contributed by atoms with Crippen LogP contribution >= 0.6 is 11.3 Å². The fraction of sp³-hybridized carbons (Fsp3) is 0.211. The van der Waals surface area contributed by atoms with Crippen molar-refractivity contribution in [1.29, 1.82) is 0 Å². The summed E-state index contributed by atoms with van der Waals surface area (Å²) < 4.78 is 1.14. The average Bonchev–Trinajstić information content (AvgIpc) is 3.27. The highest BCUT2D eigenvalue weighted by Crippen LogP contribution is 2.37. The monoisotopic (exact) mass is 366 g/mol. The molecule has 1 aliphatic heterocycles. The van der Waals surface area contributed by atoms with Crippen molar-refractivity contribution in [1.82, 2.24) is 9.88 Å². The summed E-state index contributed by atoms with van der Waals surface area (Å²) in [6, 6.07) is 14.2. The number of thiazole rings is 1. The van der Waals surface area contributed by atoms with E-state index in [0.717, 1.165) is 34.6 Å². The Labute approximate surface area is 154 Å². The zero-order valence-electron chi connectivity index (χ0n) is 14.0. The van der Waals surface area contributed by atoms with Gasteiger partial charge in [0.15, 0.2) is 0 Å². The standard InChI is InChI=1S/C19H18N4O2S/c20-19(25)21-13-9-7-12(8-10-13)18(24)23-11-3-5-15(23)17-22-14-4-1-2-6-16(14)26-17/h1-2,4,6-10,15H,3,5,11H2,(H3,20,21,25)/t15-/m0/s1. The third-order valence-corrected chi connectivity index (χ3v) is 5.65. The topological polar surface area (TPSA) is 88.3 Å². The number of para-hydroxylation sites is 1. The van der Waals surface area contributed by atoms with Gasteiger partial charge in [0, 0.05) is 17.8 Å². The number of nitrogens with one attached hydrogen (secondary N) is 1. The number of primary amides is 1. The SMILES string of the molecule is NC(=O)Nc1ccc(C(=O)N2CCC[C@H]2c2nc3ccccc3s2)cc1. The summed E-state index contributed by atoms with van der Waals surface area (Å²) in [5, 5.41) is 3.49.